The van der Waals surface area contributed by atoms with Crippen molar-refractivity contribution >= 4 is 45.2 Å². The Bertz CT molecular complexity index is 1050. The Kier molecular flexibility index (Phi) is 5.99. The minimum Gasteiger partial charge on any atom is -0.444 e. The van der Waals surface area contributed by atoms with Crippen LogP contribution in [0.15, 0.2) is 53.0 Å². The molecule has 8 heteroatoms. The summed E-state index contributed by atoms with van der Waals surface area (Å²) in [6.07, 6.45) is 1.26. The van der Waals surface area contributed by atoms with E-state index >= 15 is 0 Å². The highest BCUT2D eigenvalue weighted by Gasteiger charge is 2.74. The van der Waals surface area contributed by atoms with Crippen molar-refractivity contribution < 1.29 is 19.1 Å². The van der Waals surface area contributed by atoms with E-state index in [1.54, 1.807) is 0 Å². The standard InChI is InChI=1S/C25H28BrN3O4/c1-23(2,3)33-22(32)27-12-16-4-8-18(9-5-16)28-20(30)24-13-25(14-24,15-24)21(31)29-19-10-6-17(26)7-11-19/h4-11H,12-15H2,1-3H3,(H,27,32)(H,28,30)(H,29,31). The lowest BCUT2D eigenvalue weighted by Crippen LogP contribution is -2.70. The van der Waals surface area contributed by atoms with Crippen LogP contribution in [0.3, 0.4) is 0 Å². The Balaban J connectivity index is 1.24. The first-order valence-corrected chi connectivity index (χ1v) is 11.7. The fourth-order valence-corrected chi connectivity index (χ4v) is 4.79. The molecule has 3 aliphatic carbocycles. The number of ether oxygens (including phenoxy) is 1. The third-order valence-electron chi connectivity index (χ3n) is 6.14. The van der Waals surface area contributed by atoms with E-state index in [0.717, 1.165) is 15.7 Å². The summed E-state index contributed by atoms with van der Waals surface area (Å²) in [7, 11) is 0. The lowest BCUT2D eigenvalue weighted by atomic mass is 9.34. The summed E-state index contributed by atoms with van der Waals surface area (Å²) in [5.74, 6) is -0.0539. The third-order valence-corrected chi connectivity index (χ3v) is 6.67. The zero-order valence-electron chi connectivity index (χ0n) is 19.0. The maximum absolute atomic E-state index is 12.8. The Hall–Kier alpha value is -2.87. The zero-order valence-corrected chi connectivity index (χ0v) is 20.5. The highest BCUT2D eigenvalue weighted by Crippen LogP contribution is 2.73. The van der Waals surface area contributed by atoms with Crippen molar-refractivity contribution in [2.24, 2.45) is 10.8 Å². The number of halogens is 1. The molecule has 0 radical (unpaired) electrons. The van der Waals surface area contributed by atoms with Crippen molar-refractivity contribution in [2.75, 3.05) is 10.6 Å². The number of carbonyl (C=O) groups is 3. The van der Waals surface area contributed by atoms with Crippen LogP contribution in [0, 0.1) is 10.8 Å². The molecule has 3 fully saturated rings. The van der Waals surface area contributed by atoms with Crippen molar-refractivity contribution in [3.8, 4) is 0 Å². The Labute approximate surface area is 201 Å². The third kappa shape index (κ3) is 5.05. The van der Waals surface area contributed by atoms with E-state index in [2.05, 4.69) is 31.9 Å². The number of rotatable bonds is 6. The molecule has 2 aromatic rings. The van der Waals surface area contributed by atoms with Crippen LogP contribution in [-0.4, -0.2) is 23.5 Å². The molecule has 0 saturated heterocycles. The van der Waals surface area contributed by atoms with Crippen molar-refractivity contribution in [1.82, 2.24) is 5.32 Å². The summed E-state index contributed by atoms with van der Waals surface area (Å²) < 4.78 is 6.17. The SMILES string of the molecule is CC(C)(C)OC(=O)NCc1ccc(NC(=O)C23CC(C(=O)Nc4ccc(Br)cc4)(C2)C3)cc1. The Morgan fingerprint density at radius 1 is 0.848 bits per heavy atom. The smallest absolute Gasteiger partial charge is 0.407 e. The van der Waals surface area contributed by atoms with Gasteiger partial charge >= 0.3 is 6.09 Å². The fourth-order valence-electron chi connectivity index (χ4n) is 4.52. The minimum absolute atomic E-state index is 0.0127. The molecular weight excluding hydrogens is 486 g/mol. The highest BCUT2D eigenvalue weighted by atomic mass is 79.9. The van der Waals surface area contributed by atoms with Crippen molar-refractivity contribution in [2.45, 2.75) is 52.2 Å². The minimum atomic E-state index is -0.544. The molecule has 0 unspecified atom stereocenters. The number of anilines is 2. The lowest BCUT2D eigenvalue weighted by molar-refractivity contribution is -0.201. The molecule has 3 saturated carbocycles. The second kappa shape index (κ2) is 8.48. The van der Waals surface area contributed by atoms with Gasteiger partial charge in [0.1, 0.15) is 5.60 Å². The number of alkyl carbamates (subject to hydrolysis) is 1. The maximum atomic E-state index is 12.8. The first-order valence-electron chi connectivity index (χ1n) is 10.9. The molecule has 3 amide bonds. The fraction of sp³-hybridized carbons (Fsp3) is 0.400. The predicted octanol–water partition coefficient (Wildman–Crippen LogP) is 5.22. The van der Waals surface area contributed by atoms with Crippen LogP contribution in [0.2, 0.25) is 0 Å². The average molecular weight is 514 g/mol. The number of carbonyl (C=O) groups excluding carboxylic acids is 3. The predicted molar refractivity (Wildman–Crippen MR) is 130 cm³/mol. The van der Waals surface area contributed by atoms with Gasteiger partial charge in [0.25, 0.3) is 0 Å². The first-order chi connectivity index (χ1) is 15.5. The number of benzene rings is 2. The second-order valence-corrected chi connectivity index (χ2v) is 11.0. The molecule has 0 atom stereocenters. The van der Waals surface area contributed by atoms with Gasteiger partial charge in [-0.15, -0.1) is 0 Å². The monoisotopic (exact) mass is 513 g/mol. The van der Waals surface area contributed by atoms with E-state index in [4.69, 9.17) is 4.74 Å². The molecule has 2 aromatic carbocycles. The normalized spacial score (nSPS) is 22.9. The van der Waals surface area contributed by atoms with E-state index in [0.29, 0.717) is 31.5 Å². The molecular formula is C25H28BrN3O4. The summed E-state index contributed by atoms with van der Waals surface area (Å²) in [4.78, 5) is 37.3. The van der Waals surface area contributed by atoms with Gasteiger partial charge in [-0.2, -0.15) is 0 Å². The summed E-state index contributed by atoms with van der Waals surface area (Å²) in [5, 5.41) is 8.64. The number of hydrogen-bond donors (Lipinski definition) is 3. The van der Waals surface area contributed by atoms with Crippen LogP contribution in [0.25, 0.3) is 0 Å². The van der Waals surface area contributed by atoms with Gasteiger partial charge in [0.15, 0.2) is 0 Å². The molecule has 2 bridgehead atoms. The van der Waals surface area contributed by atoms with Crippen LogP contribution in [0.5, 0.6) is 0 Å². The van der Waals surface area contributed by atoms with Crippen LogP contribution >= 0.6 is 15.9 Å². The number of nitrogens with one attached hydrogen (secondary N) is 3. The molecule has 33 heavy (non-hydrogen) atoms. The van der Waals surface area contributed by atoms with Gasteiger partial charge < -0.3 is 20.7 Å². The summed E-state index contributed by atoms with van der Waals surface area (Å²) in [5.41, 5.74) is 0.924. The number of hydrogen-bond acceptors (Lipinski definition) is 4. The first kappa shape index (κ1) is 23.3. The van der Waals surface area contributed by atoms with Crippen molar-refractivity contribution in [3.05, 3.63) is 58.6 Å². The molecule has 0 aromatic heterocycles. The van der Waals surface area contributed by atoms with E-state index in [1.165, 1.54) is 0 Å². The van der Waals surface area contributed by atoms with E-state index in [1.807, 2.05) is 69.3 Å². The van der Waals surface area contributed by atoms with E-state index in [9.17, 15) is 14.4 Å². The molecule has 7 nitrogen and oxygen atoms in total. The van der Waals surface area contributed by atoms with Gasteiger partial charge in [0.2, 0.25) is 11.8 Å². The summed E-state index contributed by atoms with van der Waals surface area (Å²) in [6, 6.07) is 14.8. The molecule has 0 heterocycles. The van der Waals surface area contributed by atoms with Gasteiger partial charge in [-0.1, -0.05) is 28.1 Å². The molecule has 3 N–H and O–H groups in total. The van der Waals surface area contributed by atoms with Crippen LogP contribution in [-0.2, 0) is 20.9 Å². The number of amides is 3. The van der Waals surface area contributed by atoms with Crippen LogP contribution < -0.4 is 16.0 Å². The highest BCUT2D eigenvalue weighted by molar-refractivity contribution is 9.10. The van der Waals surface area contributed by atoms with Gasteiger partial charge in [-0.25, -0.2) is 4.79 Å². The molecule has 3 aliphatic rings. The van der Waals surface area contributed by atoms with Gasteiger partial charge in [0, 0.05) is 22.4 Å². The van der Waals surface area contributed by atoms with E-state index in [-0.39, 0.29) is 11.8 Å². The van der Waals surface area contributed by atoms with Crippen molar-refractivity contribution in [3.63, 3.8) is 0 Å². The largest absolute Gasteiger partial charge is 0.444 e. The maximum Gasteiger partial charge on any atom is 0.407 e. The van der Waals surface area contributed by atoms with E-state index < -0.39 is 22.5 Å². The lowest BCUT2D eigenvalue weighted by Gasteiger charge is -2.67. The molecule has 0 spiro atoms. The molecule has 0 aliphatic heterocycles. The van der Waals surface area contributed by atoms with Crippen LogP contribution in [0.4, 0.5) is 16.2 Å². The quantitative estimate of drug-likeness (QED) is 0.493. The van der Waals surface area contributed by atoms with Gasteiger partial charge in [-0.05, 0) is 82.0 Å². The summed E-state index contributed by atoms with van der Waals surface area (Å²) in [6.45, 7) is 5.77. The van der Waals surface area contributed by atoms with Gasteiger partial charge in [0.05, 0.1) is 10.8 Å². The molecule has 174 valence electrons. The second-order valence-electron chi connectivity index (χ2n) is 10.1. The van der Waals surface area contributed by atoms with Gasteiger partial charge in [-0.3, -0.25) is 9.59 Å². The topological polar surface area (TPSA) is 96.5 Å². The zero-order chi connectivity index (χ0) is 23.9. The van der Waals surface area contributed by atoms with Crippen molar-refractivity contribution in [1.29, 1.82) is 0 Å². The Morgan fingerprint density at radius 2 is 1.30 bits per heavy atom. The van der Waals surface area contributed by atoms with Crippen LogP contribution in [0.1, 0.15) is 45.6 Å². The summed E-state index contributed by atoms with van der Waals surface area (Å²) >= 11 is 3.38. The average Bonchev–Trinajstić information content (AvgIpc) is 2.66. The molecule has 5 rings (SSSR count). The Morgan fingerprint density at radius 3 is 1.76 bits per heavy atom.